The number of carbonyl (C=O) groups is 6. The van der Waals surface area contributed by atoms with E-state index in [2.05, 4.69) is 10.6 Å². The lowest BCUT2D eigenvalue weighted by Crippen LogP contribution is -2.57. The lowest BCUT2D eigenvalue weighted by atomic mass is 10.0. The molecule has 0 aliphatic rings. The van der Waals surface area contributed by atoms with E-state index < -0.39 is 66.1 Å². The summed E-state index contributed by atoms with van der Waals surface area (Å²) in [6.45, 7) is 1.72. The molecule has 2 amide bonds. The molecule has 11 heteroatoms. The first-order chi connectivity index (χ1) is 12.7. The van der Waals surface area contributed by atoms with Crippen molar-refractivity contribution in [2.75, 3.05) is 6.26 Å². The Morgan fingerprint density at radius 3 is 2.07 bits per heavy atom. The third kappa shape index (κ3) is 9.73. The van der Waals surface area contributed by atoms with Crippen LogP contribution in [0.3, 0.4) is 0 Å². The molecule has 0 aliphatic heterocycles. The summed E-state index contributed by atoms with van der Waals surface area (Å²) >= 11 is 0.973. The lowest BCUT2D eigenvalue weighted by Gasteiger charge is -2.25. The highest BCUT2D eigenvalue weighted by Crippen LogP contribution is 2.12. The smallest absolute Gasteiger partial charge is 0.305 e. The summed E-state index contributed by atoms with van der Waals surface area (Å²) in [5.74, 6) is -4.40. The van der Waals surface area contributed by atoms with Gasteiger partial charge >= 0.3 is 11.9 Å². The third-order valence-electron chi connectivity index (χ3n) is 3.48. The number of rotatable bonds is 14. The largest absolute Gasteiger partial charge is 0.481 e. The second kappa shape index (κ2) is 12.8. The quantitative estimate of drug-likeness (QED) is 0.281. The molecule has 152 valence electrons. The van der Waals surface area contributed by atoms with E-state index >= 15 is 0 Å². The average Bonchev–Trinajstić information content (AvgIpc) is 2.60. The van der Waals surface area contributed by atoms with E-state index in [1.807, 2.05) is 0 Å². The second-order valence-electron chi connectivity index (χ2n) is 5.65. The Morgan fingerprint density at radius 1 is 1.00 bits per heavy atom. The van der Waals surface area contributed by atoms with Crippen molar-refractivity contribution in [2.24, 2.45) is 0 Å². The number of Topliss-reactive ketones (excluding diaryl/α,β-unsaturated/α-hetero) is 1. The highest BCUT2D eigenvalue weighted by atomic mass is 32.2. The zero-order valence-electron chi connectivity index (χ0n) is 15.1. The molecule has 10 nitrogen and oxygen atoms in total. The number of aliphatic carboxylic acids is 2. The van der Waals surface area contributed by atoms with Crippen molar-refractivity contribution in [3.8, 4) is 0 Å². The molecule has 4 N–H and O–H groups in total. The second-order valence-corrected chi connectivity index (χ2v) is 6.69. The van der Waals surface area contributed by atoms with Crippen molar-refractivity contribution in [2.45, 2.75) is 56.4 Å². The van der Waals surface area contributed by atoms with Gasteiger partial charge in [0.1, 0.15) is 18.4 Å². The van der Waals surface area contributed by atoms with Crippen LogP contribution in [0.2, 0.25) is 0 Å². The first-order valence-electron chi connectivity index (χ1n) is 8.20. The van der Waals surface area contributed by atoms with Crippen LogP contribution in [0.1, 0.15) is 39.0 Å². The van der Waals surface area contributed by atoms with E-state index in [9.17, 15) is 28.8 Å². The van der Waals surface area contributed by atoms with Crippen LogP contribution < -0.4 is 10.6 Å². The molecule has 0 aliphatic carbocycles. The van der Waals surface area contributed by atoms with Gasteiger partial charge in [0.15, 0.2) is 5.78 Å². The van der Waals surface area contributed by atoms with E-state index in [1.54, 1.807) is 6.92 Å². The zero-order chi connectivity index (χ0) is 21.0. The summed E-state index contributed by atoms with van der Waals surface area (Å²) in [6.07, 6.45) is 0.953. The zero-order valence-corrected chi connectivity index (χ0v) is 15.9. The van der Waals surface area contributed by atoms with Crippen molar-refractivity contribution in [3.05, 3.63) is 0 Å². The van der Waals surface area contributed by atoms with Crippen molar-refractivity contribution >= 4 is 47.6 Å². The first kappa shape index (κ1) is 24.6. The number of hydrogen-bond donors (Lipinski definition) is 4. The number of carbonyl (C=O) groups excluding carboxylic acids is 4. The standard InChI is InChI=1S/C16H24N2O8S/c1-3-4-10(20)15(18-16(26)11(27-2)7-14(24)25)9(8-19)17-12(21)5-6-13(22)23/h8-9,11,15H,3-7H2,1-2H3,(H,17,21)(H,18,26)(H,22,23)(H,24,25). The molecule has 3 atom stereocenters. The normalized spacial score (nSPS) is 13.7. The van der Waals surface area contributed by atoms with Crippen LogP contribution in [0.25, 0.3) is 0 Å². The van der Waals surface area contributed by atoms with Crippen molar-refractivity contribution in [1.29, 1.82) is 0 Å². The summed E-state index contributed by atoms with van der Waals surface area (Å²) in [6, 6.07) is -2.76. The molecule has 0 aromatic rings. The molecular formula is C16H24N2O8S. The minimum Gasteiger partial charge on any atom is -0.481 e. The van der Waals surface area contributed by atoms with Crippen molar-refractivity contribution in [3.63, 3.8) is 0 Å². The summed E-state index contributed by atoms with van der Waals surface area (Å²) in [7, 11) is 0. The molecule has 0 saturated heterocycles. The molecule has 0 saturated carbocycles. The maximum Gasteiger partial charge on any atom is 0.305 e. The van der Waals surface area contributed by atoms with E-state index in [4.69, 9.17) is 10.2 Å². The maximum absolute atomic E-state index is 12.3. The molecule has 0 bridgehead atoms. The van der Waals surface area contributed by atoms with Gasteiger partial charge in [0.25, 0.3) is 0 Å². The van der Waals surface area contributed by atoms with Crippen LogP contribution in [-0.2, 0) is 28.8 Å². The summed E-state index contributed by atoms with van der Waals surface area (Å²) in [4.78, 5) is 69.1. The molecule has 0 aromatic carbocycles. The van der Waals surface area contributed by atoms with Crippen LogP contribution in [-0.4, -0.2) is 69.6 Å². The Hall–Kier alpha value is -2.43. The van der Waals surface area contributed by atoms with Gasteiger partial charge in [-0.2, -0.15) is 11.8 Å². The SMILES string of the molecule is CCCC(=O)C(NC(=O)C(CC(=O)O)SC)C(C=O)NC(=O)CCC(=O)O. The average molecular weight is 404 g/mol. The van der Waals surface area contributed by atoms with E-state index in [0.717, 1.165) is 11.8 Å². The van der Waals surface area contributed by atoms with Crippen LogP contribution >= 0.6 is 11.8 Å². The maximum atomic E-state index is 12.3. The van der Waals surface area contributed by atoms with E-state index in [-0.39, 0.29) is 12.7 Å². The monoisotopic (exact) mass is 404 g/mol. The Morgan fingerprint density at radius 2 is 1.63 bits per heavy atom. The van der Waals surface area contributed by atoms with Crippen LogP contribution in [0.15, 0.2) is 0 Å². The minimum absolute atomic E-state index is 0.0309. The number of aldehydes is 1. The number of carboxylic acids is 2. The number of hydrogen-bond acceptors (Lipinski definition) is 7. The molecule has 0 aromatic heterocycles. The number of thioether (sulfide) groups is 1. The van der Waals surface area contributed by atoms with Gasteiger partial charge in [0, 0.05) is 12.8 Å². The molecule has 0 rings (SSSR count). The molecule has 3 unspecified atom stereocenters. The summed E-state index contributed by atoms with van der Waals surface area (Å²) < 4.78 is 0. The summed E-state index contributed by atoms with van der Waals surface area (Å²) in [5, 5.41) is 21.0. The fourth-order valence-corrected chi connectivity index (χ4v) is 2.73. The fraction of sp³-hybridized carbons (Fsp3) is 0.625. The van der Waals surface area contributed by atoms with E-state index in [1.165, 1.54) is 6.26 Å². The highest BCUT2D eigenvalue weighted by molar-refractivity contribution is 7.99. The highest BCUT2D eigenvalue weighted by Gasteiger charge is 2.32. The Kier molecular flexibility index (Phi) is 11.7. The van der Waals surface area contributed by atoms with Gasteiger partial charge in [-0.15, -0.1) is 0 Å². The Labute approximate surface area is 160 Å². The molecule has 0 spiro atoms. The van der Waals surface area contributed by atoms with Gasteiger partial charge < -0.3 is 25.6 Å². The van der Waals surface area contributed by atoms with Crippen LogP contribution in [0, 0.1) is 0 Å². The Balaban J connectivity index is 5.29. The molecule has 0 fully saturated rings. The number of ketones is 1. The molecule has 0 heterocycles. The molecule has 27 heavy (non-hydrogen) atoms. The predicted octanol–water partition coefficient (Wildman–Crippen LogP) is -0.405. The van der Waals surface area contributed by atoms with Gasteiger partial charge in [-0.05, 0) is 12.7 Å². The predicted molar refractivity (Wildman–Crippen MR) is 96.3 cm³/mol. The van der Waals surface area contributed by atoms with Crippen LogP contribution in [0.4, 0.5) is 0 Å². The number of amides is 2. The van der Waals surface area contributed by atoms with Gasteiger partial charge in [0.2, 0.25) is 11.8 Å². The minimum atomic E-state index is -1.39. The molecule has 0 radical (unpaired) electrons. The van der Waals surface area contributed by atoms with Gasteiger partial charge in [-0.3, -0.25) is 24.0 Å². The fourth-order valence-electron chi connectivity index (χ4n) is 2.13. The van der Waals surface area contributed by atoms with Crippen molar-refractivity contribution in [1.82, 2.24) is 10.6 Å². The topological polar surface area (TPSA) is 167 Å². The van der Waals surface area contributed by atoms with Gasteiger partial charge in [-0.25, -0.2) is 0 Å². The van der Waals surface area contributed by atoms with E-state index in [0.29, 0.717) is 6.42 Å². The number of nitrogens with one attached hydrogen (secondary N) is 2. The Bertz CT molecular complexity index is 581. The lowest BCUT2D eigenvalue weighted by molar-refractivity contribution is -0.139. The first-order valence-corrected chi connectivity index (χ1v) is 9.49. The van der Waals surface area contributed by atoms with Gasteiger partial charge in [0.05, 0.1) is 18.1 Å². The summed E-state index contributed by atoms with van der Waals surface area (Å²) in [5.41, 5.74) is 0. The number of carboxylic acid groups (broad SMARTS) is 2. The third-order valence-corrected chi connectivity index (χ3v) is 4.43. The van der Waals surface area contributed by atoms with Crippen LogP contribution in [0.5, 0.6) is 0 Å². The molecular weight excluding hydrogens is 380 g/mol. The van der Waals surface area contributed by atoms with Crippen molar-refractivity contribution < 1.29 is 39.0 Å². The van der Waals surface area contributed by atoms with Gasteiger partial charge in [-0.1, -0.05) is 6.92 Å².